The molecule has 0 aliphatic rings. The Balaban J connectivity index is -0.00000000114. The summed E-state index contributed by atoms with van der Waals surface area (Å²) in [7, 11) is 0. The second-order valence-corrected chi connectivity index (χ2v) is 0. The monoisotopic (exact) mass is 343 g/mol. The Morgan fingerprint density at radius 1 is 0.889 bits per heavy atom. The molecule has 0 saturated carbocycles. The second kappa shape index (κ2) is 395. The summed E-state index contributed by atoms with van der Waals surface area (Å²) < 4.78 is 0. The van der Waals surface area contributed by atoms with Crippen molar-refractivity contribution in [1.82, 2.24) is 0 Å². The van der Waals surface area contributed by atoms with E-state index in [2.05, 4.69) is 0 Å². The second-order valence-electron chi connectivity index (χ2n) is 0. The maximum absolute atomic E-state index is 6.25. The normalized spacial score (nSPS) is 0.444. The Kier molecular flexibility index (Phi) is 3630. The fraction of sp³-hybridized carbons (Fsp3) is 0. The third kappa shape index (κ3) is 305. The van der Waals surface area contributed by atoms with E-state index in [-0.39, 0.29) is 80.0 Å². The molecule has 0 bridgehead atoms. The fourth-order valence-electron chi connectivity index (χ4n) is 0. The van der Waals surface area contributed by atoms with Gasteiger partial charge in [0.1, 0.15) is 0 Å². The smallest absolute Gasteiger partial charge is 0.512 e. The van der Waals surface area contributed by atoms with Crippen molar-refractivity contribution >= 4 is 8.41 Å². The third-order valence-corrected chi connectivity index (χ3v) is 0. The van der Waals surface area contributed by atoms with Crippen LogP contribution in [-0.4, -0.2) is 8.41 Å². The van der Waals surface area contributed by atoms with Crippen LogP contribution in [-0.2, 0) is 71.6 Å². The summed E-state index contributed by atoms with van der Waals surface area (Å²) in [5.74, 6) is 0. The van der Waals surface area contributed by atoms with E-state index in [4.69, 9.17) is 23.7 Å². The van der Waals surface area contributed by atoms with Crippen LogP contribution in [0.5, 0.6) is 0 Å². The Morgan fingerprint density at radius 3 is 0.889 bits per heavy atom. The first-order valence-corrected chi connectivity index (χ1v) is 0.447. The summed E-state index contributed by atoms with van der Waals surface area (Å²) in [4.78, 5) is 0. The molecule has 9 heavy (non-hydrogen) atoms. The quantitative estimate of drug-likeness (QED) is 0.452. The SMILES string of the molecule is [B].[C-]#N.[C-]#N.[Cu+2].[Fe].[Mn].[Pd]. The third-order valence-electron chi connectivity index (χ3n) is 0. The van der Waals surface area contributed by atoms with Gasteiger partial charge in [-0.05, 0) is 0 Å². The molecule has 0 aliphatic heterocycles. The molecular weight excluding hydrogens is 344 g/mol. The molecule has 0 rings (SSSR count). The molecule has 57 valence electrons. The van der Waals surface area contributed by atoms with E-state index in [9.17, 15) is 0 Å². The molecule has 0 N–H and O–H groups in total. The minimum Gasteiger partial charge on any atom is -0.512 e. The Labute approximate surface area is 103 Å². The van der Waals surface area contributed by atoms with Crippen LogP contribution in [0.1, 0.15) is 0 Å². The van der Waals surface area contributed by atoms with Crippen molar-refractivity contribution in [3.8, 4) is 0 Å². The van der Waals surface area contributed by atoms with Gasteiger partial charge in [0.05, 0.1) is 0 Å². The van der Waals surface area contributed by atoms with Crippen molar-refractivity contribution < 1.29 is 71.6 Å². The first kappa shape index (κ1) is 82.6. The minimum absolute atomic E-state index is 0. The fourth-order valence-corrected chi connectivity index (χ4v) is 0. The topological polar surface area (TPSA) is 47.6 Å². The number of rotatable bonds is 0. The van der Waals surface area contributed by atoms with Crippen LogP contribution in [0.2, 0.25) is 0 Å². The van der Waals surface area contributed by atoms with Crippen molar-refractivity contribution in [3.63, 3.8) is 0 Å². The Hall–Kier alpha value is 1.27. The average Bonchev–Trinajstić information content (AvgIpc) is 1.50. The van der Waals surface area contributed by atoms with E-state index in [1.807, 2.05) is 0 Å². The van der Waals surface area contributed by atoms with Crippen LogP contribution in [0.3, 0.4) is 0 Å². The van der Waals surface area contributed by atoms with Gasteiger partial charge in [-0.1, -0.05) is 0 Å². The number of hydrogen-bond donors (Lipinski definition) is 0. The van der Waals surface area contributed by atoms with E-state index in [1.165, 1.54) is 0 Å². The van der Waals surface area contributed by atoms with Crippen LogP contribution >= 0.6 is 0 Å². The zero-order valence-electron chi connectivity index (χ0n) is 3.82. The maximum atomic E-state index is 6.25. The van der Waals surface area contributed by atoms with Crippen molar-refractivity contribution in [1.29, 1.82) is 10.5 Å². The largest absolute Gasteiger partial charge is 2.00 e. The summed E-state index contributed by atoms with van der Waals surface area (Å²) in [5, 5.41) is 12.5. The van der Waals surface area contributed by atoms with E-state index >= 15 is 0 Å². The molecule has 0 saturated heterocycles. The van der Waals surface area contributed by atoms with Crippen LogP contribution in [0.25, 0.3) is 0 Å². The van der Waals surface area contributed by atoms with Crippen molar-refractivity contribution in [2.75, 3.05) is 0 Å². The first-order chi connectivity index (χ1) is 2.00. The molecule has 0 aliphatic carbocycles. The van der Waals surface area contributed by atoms with Crippen LogP contribution in [0.15, 0.2) is 0 Å². The van der Waals surface area contributed by atoms with Gasteiger partial charge in [0.25, 0.3) is 0 Å². The van der Waals surface area contributed by atoms with E-state index in [1.54, 1.807) is 0 Å². The maximum Gasteiger partial charge on any atom is 2.00 e. The van der Waals surface area contributed by atoms with Crippen molar-refractivity contribution in [2.45, 2.75) is 0 Å². The van der Waals surface area contributed by atoms with Crippen LogP contribution < -0.4 is 0 Å². The van der Waals surface area contributed by atoms with Crippen molar-refractivity contribution in [3.05, 3.63) is 13.1 Å². The summed E-state index contributed by atoms with van der Waals surface area (Å²) in [6, 6.07) is 0. The molecule has 0 amide bonds. The number of hydrogen-bond acceptors (Lipinski definition) is 2. The van der Waals surface area contributed by atoms with Gasteiger partial charge >= 0.3 is 17.1 Å². The molecule has 0 aromatic heterocycles. The zero-order chi connectivity index (χ0) is 4.00. The van der Waals surface area contributed by atoms with E-state index in [0.717, 1.165) is 0 Å². The molecular formula is C2BCuFeMnN2Pd. The standard InChI is InChI=1S/2CN.B.Cu.Fe.Mn.Pd/c2*1-2;;;;;/q2*-1;;+2;;;. The van der Waals surface area contributed by atoms with Crippen molar-refractivity contribution in [2.24, 2.45) is 0 Å². The predicted octanol–water partition coefficient (Wildman–Crippen LogP) is -0.198. The van der Waals surface area contributed by atoms with E-state index in [0.29, 0.717) is 0 Å². The Bertz CT molecular complexity index is 40.0. The molecule has 2 nitrogen and oxygen atoms in total. The average molecular weight is 344 g/mol. The molecule has 0 fully saturated rings. The van der Waals surface area contributed by atoms with Gasteiger partial charge in [-0.15, -0.1) is 0 Å². The summed E-state index contributed by atoms with van der Waals surface area (Å²) in [5.41, 5.74) is 0. The van der Waals surface area contributed by atoms with Gasteiger partial charge in [0, 0.05) is 63.0 Å². The zero-order valence-corrected chi connectivity index (χ0v) is 8.60. The van der Waals surface area contributed by atoms with Crippen LogP contribution in [0.4, 0.5) is 0 Å². The Morgan fingerprint density at radius 2 is 0.889 bits per heavy atom. The first-order valence-electron chi connectivity index (χ1n) is 0.447. The molecule has 0 aromatic carbocycles. The van der Waals surface area contributed by atoms with Gasteiger partial charge in [-0.3, -0.25) is 0 Å². The van der Waals surface area contributed by atoms with Gasteiger partial charge in [0.2, 0.25) is 0 Å². The van der Waals surface area contributed by atoms with Gasteiger partial charge < -0.3 is 23.7 Å². The molecule has 0 atom stereocenters. The van der Waals surface area contributed by atoms with Gasteiger partial charge in [-0.25, -0.2) is 0 Å². The summed E-state index contributed by atoms with van der Waals surface area (Å²) in [6.45, 7) is 9.50. The van der Waals surface area contributed by atoms with Gasteiger partial charge in [-0.2, -0.15) is 0 Å². The molecule has 7 heteroatoms. The molecule has 0 unspecified atom stereocenters. The molecule has 0 spiro atoms. The molecule has 0 aromatic rings. The summed E-state index contributed by atoms with van der Waals surface area (Å²) in [6.07, 6.45) is 0. The predicted molar refractivity (Wildman–Crippen MR) is 15.7 cm³/mol. The number of nitrogens with zero attached hydrogens (tertiary/aromatic N) is 2. The molecule has 0 heterocycles. The van der Waals surface area contributed by atoms with Crippen LogP contribution in [0, 0.1) is 23.7 Å². The minimum atomic E-state index is 0. The van der Waals surface area contributed by atoms with E-state index < -0.39 is 0 Å². The van der Waals surface area contributed by atoms with Gasteiger partial charge in [0.15, 0.2) is 0 Å². The summed E-state index contributed by atoms with van der Waals surface area (Å²) >= 11 is 0. The molecule has 5 radical (unpaired) electrons.